The molecule has 0 unspecified atom stereocenters. The normalized spacial score (nSPS) is 15.4. The number of nitrogens with two attached hydrogens (primary N) is 1. The predicted octanol–water partition coefficient (Wildman–Crippen LogP) is 1.60. The molecule has 3 rings (SSSR count). The number of carbonyl (C=O) groups is 2. The predicted molar refractivity (Wildman–Crippen MR) is 94.4 cm³/mol. The molecule has 7 nitrogen and oxygen atoms in total. The second-order valence-electron chi connectivity index (χ2n) is 6.28. The van der Waals surface area contributed by atoms with E-state index in [-0.39, 0.29) is 11.8 Å². The maximum atomic E-state index is 12.4. The molecule has 3 heterocycles. The third kappa shape index (κ3) is 4.01. The molecule has 0 radical (unpaired) electrons. The highest BCUT2D eigenvalue weighted by Crippen LogP contribution is 2.26. The van der Waals surface area contributed by atoms with E-state index >= 15 is 0 Å². The molecule has 1 saturated heterocycles. The van der Waals surface area contributed by atoms with Gasteiger partial charge in [0.05, 0.1) is 28.4 Å². The third-order valence-electron chi connectivity index (χ3n) is 4.48. The number of piperidine rings is 1. The van der Waals surface area contributed by atoms with Crippen LogP contribution >= 0.6 is 11.3 Å². The molecule has 0 bridgehead atoms. The van der Waals surface area contributed by atoms with Crippen LogP contribution in [0.15, 0.2) is 11.6 Å². The minimum atomic E-state index is -0.512. The summed E-state index contributed by atoms with van der Waals surface area (Å²) in [5, 5.41) is 2.92. The van der Waals surface area contributed by atoms with E-state index in [4.69, 9.17) is 5.73 Å². The van der Waals surface area contributed by atoms with Crippen LogP contribution in [0.1, 0.15) is 51.3 Å². The van der Waals surface area contributed by atoms with Crippen LogP contribution in [0.2, 0.25) is 0 Å². The number of aromatic nitrogens is 3. The molecule has 1 aliphatic heterocycles. The monoisotopic (exact) mass is 359 g/mol. The smallest absolute Gasteiger partial charge is 0.252 e. The molecule has 2 aromatic heterocycles. The molecule has 2 amide bonds. The van der Waals surface area contributed by atoms with Gasteiger partial charge in [-0.1, -0.05) is 0 Å². The van der Waals surface area contributed by atoms with E-state index in [2.05, 4.69) is 15.0 Å². The van der Waals surface area contributed by atoms with Crippen molar-refractivity contribution < 1.29 is 9.59 Å². The lowest BCUT2D eigenvalue weighted by atomic mass is 9.95. The van der Waals surface area contributed by atoms with Crippen LogP contribution < -0.4 is 5.73 Å². The van der Waals surface area contributed by atoms with Crippen LogP contribution in [-0.2, 0) is 11.2 Å². The van der Waals surface area contributed by atoms with Gasteiger partial charge in [-0.3, -0.25) is 9.59 Å². The van der Waals surface area contributed by atoms with Crippen LogP contribution in [0.5, 0.6) is 0 Å². The number of aryl methyl sites for hydroxylation is 2. The van der Waals surface area contributed by atoms with Crippen molar-refractivity contribution in [1.82, 2.24) is 19.9 Å². The summed E-state index contributed by atoms with van der Waals surface area (Å²) < 4.78 is 0. The number of hydrogen-bond acceptors (Lipinski definition) is 6. The standard InChI is InChI=1S/C17H21N5O2S/c1-10-14(16(18)24)8-19-17(20-10)12-3-5-22(6-4-12)15(23)7-13-9-25-11(2)21-13/h8-9,12H,3-7H2,1-2H3,(H2,18,24). The van der Waals surface area contributed by atoms with E-state index in [1.54, 1.807) is 18.3 Å². The highest BCUT2D eigenvalue weighted by molar-refractivity contribution is 7.09. The molecule has 0 saturated carbocycles. The molecule has 2 N–H and O–H groups in total. The molecule has 0 atom stereocenters. The van der Waals surface area contributed by atoms with Crippen LogP contribution in [0.4, 0.5) is 0 Å². The van der Waals surface area contributed by atoms with Gasteiger partial charge in [0.25, 0.3) is 5.91 Å². The molecule has 0 aliphatic carbocycles. The second-order valence-corrected chi connectivity index (χ2v) is 7.34. The fourth-order valence-corrected chi connectivity index (χ4v) is 3.68. The Kier molecular flexibility index (Phi) is 5.08. The molecular weight excluding hydrogens is 338 g/mol. The van der Waals surface area contributed by atoms with Crippen molar-refractivity contribution in [3.8, 4) is 0 Å². The van der Waals surface area contributed by atoms with Gasteiger partial charge in [-0.15, -0.1) is 11.3 Å². The maximum absolute atomic E-state index is 12.4. The van der Waals surface area contributed by atoms with E-state index in [1.807, 2.05) is 17.2 Å². The molecule has 132 valence electrons. The van der Waals surface area contributed by atoms with Crippen molar-refractivity contribution >= 4 is 23.2 Å². The quantitative estimate of drug-likeness (QED) is 0.893. The van der Waals surface area contributed by atoms with Gasteiger partial charge < -0.3 is 10.6 Å². The van der Waals surface area contributed by atoms with Gasteiger partial charge in [-0.05, 0) is 26.7 Å². The van der Waals surface area contributed by atoms with E-state index in [9.17, 15) is 9.59 Å². The molecule has 0 spiro atoms. The summed E-state index contributed by atoms with van der Waals surface area (Å²) in [6.45, 7) is 5.08. The Balaban J connectivity index is 1.59. The molecular formula is C17H21N5O2S. The van der Waals surface area contributed by atoms with Crippen molar-refractivity contribution in [2.24, 2.45) is 5.73 Å². The summed E-state index contributed by atoms with van der Waals surface area (Å²) in [4.78, 5) is 38.6. The zero-order valence-electron chi connectivity index (χ0n) is 14.4. The lowest BCUT2D eigenvalue weighted by molar-refractivity contribution is -0.131. The first kappa shape index (κ1) is 17.5. The van der Waals surface area contributed by atoms with Crippen molar-refractivity contribution in [3.63, 3.8) is 0 Å². The Labute approximate surface area is 150 Å². The molecule has 8 heteroatoms. The molecule has 0 aromatic carbocycles. The van der Waals surface area contributed by atoms with Gasteiger partial charge in [0, 0.05) is 30.6 Å². The minimum absolute atomic E-state index is 0.116. The maximum Gasteiger partial charge on any atom is 0.252 e. The Hall–Kier alpha value is -2.35. The van der Waals surface area contributed by atoms with Crippen LogP contribution in [-0.4, -0.2) is 44.8 Å². The number of amides is 2. The molecule has 2 aromatic rings. The molecule has 25 heavy (non-hydrogen) atoms. The van der Waals surface area contributed by atoms with Crippen molar-refractivity contribution in [3.05, 3.63) is 39.4 Å². The summed E-state index contributed by atoms with van der Waals surface area (Å²) in [6.07, 6.45) is 3.49. The van der Waals surface area contributed by atoms with Crippen LogP contribution in [0.3, 0.4) is 0 Å². The fraction of sp³-hybridized carbons (Fsp3) is 0.471. The Morgan fingerprint density at radius 1 is 1.28 bits per heavy atom. The summed E-state index contributed by atoms with van der Waals surface area (Å²) in [6, 6.07) is 0. The van der Waals surface area contributed by atoms with E-state index in [1.165, 1.54) is 6.20 Å². The summed E-state index contributed by atoms with van der Waals surface area (Å²) in [5.41, 5.74) is 7.10. The lowest BCUT2D eigenvalue weighted by Gasteiger charge is -2.31. The Bertz CT molecular complexity index is 796. The van der Waals surface area contributed by atoms with Crippen molar-refractivity contribution in [2.45, 2.75) is 39.0 Å². The minimum Gasteiger partial charge on any atom is -0.365 e. The summed E-state index contributed by atoms with van der Waals surface area (Å²) in [7, 11) is 0. The van der Waals surface area contributed by atoms with E-state index in [0.717, 1.165) is 29.4 Å². The van der Waals surface area contributed by atoms with E-state index < -0.39 is 5.91 Å². The topological polar surface area (TPSA) is 102 Å². The largest absolute Gasteiger partial charge is 0.365 e. The van der Waals surface area contributed by atoms with E-state index in [0.29, 0.717) is 30.8 Å². The third-order valence-corrected chi connectivity index (χ3v) is 5.30. The SMILES string of the molecule is Cc1nc(CC(=O)N2CCC(c3ncc(C(N)=O)c(C)n3)CC2)cs1. The molecule has 1 aliphatic rings. The van der Waals surface area contributed by atoms with Gasteiger partial charge in [-0.25, -0.2) is 15.0 Å². The highest BCUT2D eigenvalue weighted by Gasteiger charge is 2.26. The number of nitrogens with zero attached hydrogens (tertiary/aromatic N) is 4. The highest BCUT2D eigenvalue weighted by atomic mass is 32.1. The number of hydrogen-bond donors (Lipinski definition) is 1. The first-order chi connectivity index (χ1) is 11.9. The van der Waals surface area contributed by atoms with Gasteiger partial charge in [0.15, 0.2) is 0 Å². The van der Waals surface area contributed by atoms with Gasteiger partial charge in [0.2, 0.25) is 5.91 Å². The van der Waals surface area contributed by atoms with Gasteiger partial charge in [-0.2, -0.15) is 0 Å². The summed E-state index contributed by atoms with van der Waals surface area (Å²) in [5.74, 6) is 0.530. The first-order valence-corrected chi connectivity index (χ1v) is 9.14. The number of primary amides is 1. The Morgan fingerprint density at radius 3 is 2.56 bits per heavy atom. The zero-order valence-corrected chi connectivity index (χ0v) is 15.2. The first-order valence-electron chi connectivity index (χ1n) is 8.26. The second kappa shape index (κ2) is 7.26. The molecule has 1 fully saturated rings. The van der Waals surface area contributed by atoms with Crippen LogP contribution in [0, 0.1) is 13.8 Å². The average molecular weight is 359 g/mol. The zero-order chi connectivity index (χ0) is 18.0. The average Bonchev–Trinajstić information content (AvgIpc) is 2.99. The van der Waals surface area contributed by atoms with Crippen molar-refractivity contribution in [1.29, 1.82) is 0 Å². The fourth-order valence-electron chi connectivity index (χ4n) is 3.07. The number of carbonyl (C=O) groups excluding carboxylic acids is 2. The lowest BCUT2D eigenvalue weighted by Crippen LogP contribution is -2.39. The number of likely N-dealkylation sites (tertiary alicyclic amines) is 1. The van der Waals surface area contributed by atoms with Gasteiger partial charge >= 0.3 is 0 Å². The number of rotatable bonds is 4. The van der Waals surface area contributed by atoms with Crippen LogP contribution in [0.25, 0.3) is 0 Å². The van der Waals surface area contributed by atoms with Crippen molar-refractivity contribution in [2.75, 3.05) is 13.1 Å². The van der Waals surface area contributed by atoms with Gasteiger partial charge in [0.1, 0.15) is 5.82 Å². The number of thiazole rings is 1. The summed E-state index contributed by atoms with van der Waals surface area (Å²) >= 11 is 1.56. The Morgan fingerprint density at radius 2 is 2.00 bits per heavy atom.